The molecule has 0 bridgehead atoms. The fourth-order valence-electron chi connectivity index (χ4n) is 2.92. The molecule has 1 saturated heterocycles. The molecule has 27 heavy (non-hydrogen) atoms. The molecule has 1 aliphatic rings. The molecule has 6 nitrogen and oxygen atoms in total. The lowest BCUT2D eigenvalue weighted by atomic mass is 10.2. The molecule has 1 amide bonds. The highest BCUT2D eigenvalue weighted by molar-refractivity contribution is 14.0. The van der Waals surface area contributed by atoms with Gasteiger partial charge in [0.05, 0.1) is 6.61 Å². The van der Waals surface area contributed by atoms with E-state index in [1.165, 1.54) is 5.56 Å². The summed E-state index contributed by atoms with van der Waals surface area (Å²) in [5.41, 5.74) is 1.23. The second kappa shape index (κ2) is 12.8. The van der Waals surface area contributed by atoms with Gasteiger partial charge in [0.25, 0.3) is 0 Å². The van der Waals surface area contributed by atoms with Gasteiger partial charge in [-0.3, -0.25) is 9.79 Å². The van der Waals surface area contributed by atoms with Crippen molar-refractivity contribution in [3.8, 4) is 5.75 Å². The first kappa shape index (κ1) is 23.5. The van der Waals surface area contributed by atoms with Gasteiger partial charge in [0.2, 0.25) is 5.91 Å². The van der Waals surface area contributed by atoms with Crippen LogP contribution in [0.1, 0.15) is 38.7 Å². The number of carbonyl (C=O) groups is 1. The van der Waals surface area contributed by atoms with Gasteiger partial charge in [-0.1, -0.05) is 24.6 Å². The number of nitrogens with zero attached hydrogens (tertiary/aromatic N) is 2. The number of ether oxygens (including phenoxy) is 1. The number of rotatable bonds is 8. The molecule has 1 fully saturated rings. The third-order valence-corrected chi connectivity index (χ3v) is 4.39. The summed E-state index contributed by atoms with van der Waals surface area (Å²) < 4.78 is 5.73. The van der Waals surface area contributed by atoms with Crippen molar-refractivity contribution in [3.63, 3.8) is 0 Å². The van der Waals surface area contributed by atoms with E-state index in [2.05, 4.69) is 41.6 Å². The average molecular weight is 488 g/mol. The van der Waals surface area contributed by atoms with E-state index in [1.54, 1.807) is 0 Å². The second-order valence-electron chi connectivity index (χ2n) is 6.60. The molecule has 1 aromatic carbocycles. The second-order valence-corrected chi connectivity index (χ2v) is 6.60. The summed E-state index contributed by atoms with van der Waals surface area (Å²) in [6, 6.07) is 8.36. The van der Waals surface area contributed by atoms with Crippen molar-refractivity contribution in [1.29, 1.82) is 0 Å². The van der Waals surface area contributed by atoms with Crippen molar-refractivity contribution in [1.82, 2.24) is 15.5 Å². The third-order valence-electron chi connectivity index (χ3n) is 4.39. The van der Waals surface area contributed by atoms with Crippen LogP contribution in [0.15, 0.2) is 29.3 Å². The Morgan fingerprint density at radius 1 is 1.30 bits per heavy atom. The van der Waals surface area contributed by atoms with E-state index < -0.39 is 0 Å². The summed E-state index contributed by atoms with van der Waals surface area (Å²) in [5.74, 6) is 1.94. The minimum absolute atomic E-state index is 0. The number of amides is 1. The van der Waals surface area contributed by atoms with Gasteiger partial charge >= 0.3 is 0 Å². The van der Waals surface area contributed by atoms with E-state index in [-0.39, 0.29) is 35.9 Å². The van der Waals surface area contributed by atoms with Crippen molar-refractivity contribution in [3.05, 3.63) is 29.8 Å². The molecule has 0 aromatic heterocycles. The smallest absolute Gasteiger partial charge is 0.222 e. The van der Waals surface area contributed by atoms with E-state index >= 15 is 0 Å². The number of aryl methyl sites for hydroxylation is 1. The van der Waals surface area contributed by atoms with Crippen LogP contribution in [0.25, 0.3) is 0 Å². The molecule has 0 saturated carbocycles. The number of carbonyl (C=O) groups excluding carboxylic acids is 1. The van der Waals surface area contributed by atoms with Gasteiger partial charge in [0.15, 0.2) is 5.96 Å². The van der Waals surface area contributed by atoms with Crippen molar-refractivity contribution in [2.75, 3.05) is 32.8 Å². The fraction of sp³-hybridized carbons (Fsp3) is 0.600. The van der Waals surface area contributed by atoms with E-state index in [0.29, 0.717) is 19.6 Å². The molecule has 1 atom stereocenters. The van der Waals surface area contributed by atoms with Gasteiger partial charge in [-0.2, -0.15) is 0 Å². The molecule has 1 heterocycles. The minimum Gasteiger partial charge on any atom is -0.494 e. The number of halogens is 1. The number of hydrogen-bond acceptors (Lipinski definition) is 3. The highest BCUT2D eigenvalue weighted by atomic mass is 127. The third kappa shape index (κ3) is 8.36. The van der Waals surface area contributed by atoms with E-state index in [9.17, 15) is 4.79 Å². The summed E-state index contributed by atoms with van der Waals surface area (Å²) in [5, 5.41) is 6.72. The summed E-state index contributed by atoms with van der Waals surface area (Å²) in [4.78, 5) is 18.3. The number of likely N-dealkylation sites (tertiary alicyclic amines) is 1. The summed E-state index contributed by atoms with van der Waals surface area (Å²) in [6.45, 7) is 9.78. The Bertz CT molecular complexity index is 592. The molecular weight excluding hydrogens is 455 g/mol. The van der Waals surface area contributed by atoms with Crippen LogP contribution in [0.2, 0.25) is 0 Å². The van der Waals surface area contributed by atoms with Gasteiger partial charge in [-0.05, 0) is 32.4 Å². The first-order valence-corrected chi connectivity index (χ1v) is 9.64. The maximum Gasteiger partial charge on any atom is 0.222 e. The van der Waals surface area contributed by atoms with E-state index in [4.69, 9.17) is 4.74 Å². The molecule has 1 aliphatic heterocycles. The van der Waals surface area contributed by atoms with Crippen molar-refractivity contribution < 1.29 is 9.53 Å². The quantitative estimate of drug-likeness (QED) is 0.256. The monoisotopic (exact) mass is 488 g/mol. The van der Waals surface area contributed by atoms with E-state index in [0.717, 1.165) is 44.2 Å². The molecule has 0 spiro atoms. The lowest BCUT2D eigenvalue weighted by Gasteiger charge is -2.18. The van der Waals surface area contributed by atoms with Gasteiger partial charge in [-0.15, -0.1) is 24.0 Å². The van der Waals surface area contributed by atoms with Gasteiger partial charge in [0.1, 0.15) is 5.75 Å². The van der Waals surface area contributed by atoms with E-state index in [1.807, 2.05) is 24.0 Å². The maximum absolute atomic E-state index is 11.8. The van der Waals surface area contributed by atoms with Crippen LogP contribution in [-0.2, 0) is 4.79 Å². The standard InChI is InChI=1S/C20H32N4O2.HI/c1-4-19(25)24-13-11-17(15-24)23-20(21-5-2)22-12-6-14-26-18-9-7-16(3)8-10-18;/h7-10,17H,4-6,11-15H2,1-3H3,(H2,21,22,23);1H. The van der Waals surface area contributed by atoms with Crippen LogP contribution in [0.3, 0.4) is 0 Å². The number of guanidine groups is 1. The Kier molecular flexibility index (Phi) is 11.2. The zero-order valence-electron chi connectivity index (χ0n) is 16.7. The Morgan fingerprint density at radius 3 is 2.70 bits per heavy atom. The van der Waals surface area contributed by atoms with Crippen LogP contribution >= 0.6 is 24.0 Å². The summed E-state index contributed by atoms with van der Waals surface area (Å²) >= 11 is 0. The highest BCUT2D eigenvalue weighted by Gasteiger charge is 2.25. The SMILES string of the molecule is CCNC(=NCCCOc1ccc(C)cc1)NC1CCN(C(=O)CC)C1.I. The van der Waals surface area contributed by atoms with Gasteiger partial charge in [-0.25, -0.2) is 0 Å². The predicted octanol–water partition coefficient (Wildman–Crippen LogP) is 2.95. The fourth-order valence-corrected chi connectivity index (χ4v) is 2.92. The lowest BCUT2D eigenvalue weighted by molar-refractivity contribution is -0.129. The molecule has 2 rings (SSSR count). The van der Waals surface area contributed by atoms with Crippen LogP contribution < -0.4 is 15.4 Å². The number of nitrogens with one attached hydrogen (secondary N) is 2. The average Bonchev–Trinajstić information content (AvgIpc) is 3.11. The zero-order chi connectivity index (χ0) is 18.8. The highest BCUT2D eigenvalue weighted by Crippen LogP contribution is 2.12. The van der Waals surface area contributed by atoms with Crippen molar-refractivity contribution in [2.45, 2.75) is 46.1 Å². The number of hydrogen-bond donors (Lipinski definition) is 2. The van der Waals surface area contributed by atoms with Gasteiger partial charge < -0.3 is 20.3 Å². The molecular formula is C20H33IN4O2. The largest absolute Gasteiger partial charge is 0.494 e. The Balaban J connectivity index is 0.00000364. The molecule has 1 unspecified atom stereocenters. The van der Waals surface area contributed by atoms with Crippen LogP contribution in [0, 0.1) is 6.92 Å². The molecule has 1 aromatic rings. The zero-order valence-corrected chi connectivity index (χ0v) is 19.0. The predicted molar refractivity (Wildman–Crippen MR) is 121 cm³/mol. The van der Waals surface area contributed by atoms with Crippen LogP contribution in [0.5, 0.6) is 5.75 Å². The molecule has 0 radical (unpaired) electrons. The van der Waals surface area contributed by atoms with Crippen molar-refractivity contribution >= 4 is 35.8 Å². The van der Waals surface area contributed by atoms with Crippen LogP contribution in [-0.4, -0.2) is 55.6 Å². The Hall–Kier alpha value is -1.51. The van der Waals surface area contributed by atoms with Crippen molar-refractivity contribution in [2.24, 2.45) is 4.99 Å². The number of aliphatic imine (C=N–C) groups is 1. The maximum atomic E-state index is 11.8. The van der Waals surface area contributed by atoms with Gasteiger partial charge in [0, 0.05) is 45.1 Å². The first-order valence-electron chi connectivity index (χ1n) is 9.64. The molecule has 0 aliphatic carbocycles. The lowest BCUT2D eigenvalue weighted by Crippen LogP contribution is -2.45. The minimum atomic E-state index is 0. The summed E-state index contributed by atoms with van der Waals surface area (Å²) in [6.07, 6.45) is 2.39. The molecule has 7 heteroatoms. The molecule has 2 N–H and O–H groups in total. The molecule has 152 valence electrons. The Morgan fingerprint density at radius 2 is 2.04 bits per heavy atom. The topological polar surface area (TPSA) is 66.0 Å². The normalized spacial score (nSPS) is 16.6. The van der Waals surface area contributed by atoms with Crippen LogP contribution in [0.4, 0.5) is 0 Å². The number of benzene rings is 1. The first-order chi connectivity index (χ1) is 12.6. The Labute approximate surface area is 180 Å². The summed E-state index contributed by atoms with van der Waals surface area (Å²) in [7, 11) is 0.